The summed E-state index contributed by atoms with van der Waals surface area (Å²) in [6, 6.07) is 0.635. The maximum Gasteiger partial charge on any atom is 0.226 e. The van der Waals surface area contributed by atoms with Gasteiger partial charge < -0.3 is 4.90 Å². The molecule has 2 heterocycles. The summed E-state index contributed by atoms with van der Waals surface area (Å²) in [5, 5.41) is 9.18. The van der Waals surface area contributed by atoms with Crippen LogP contribution in [0.4, 0.5) is 0 Å². The lowest BCUT2D eigenvalue weighted by Crippen LogP contribution is -2.36. The highest BCUT2D eigenvalue weighted by atomic mass is 16.2. The molecule has 1 atom stereocenters. The molecule has 4 rings (SSSR count). The summed E-state index contributed by atoms with van der Waals surface area (Å²) in [4.78, 5) is 15.7. The van der Waals surface area contributed by atoms with Gasteiger partial charge in [-0.2, -0.15) is 0 Å². The van der Waals surface area contributed by atoms with Crippen molar-refractivity contribution in [3.63, 3.8) is 0 Å². The molecule has 5 heteroatoms. The molecule has 1 amide bonds. The van der Waals surface area contributed by atoms with E-state index in [2.05, 4.69) is 26.1 Å². The van der Waals surface area contributed by atoms with Crippen molar-refractivity contribution in [1.82, 2.24) is 19.9 Å². The Balaban J connectivity index is 1.41. The molecule has 1 aliphatic heterocycles. The summed E-state index contributed by atoms with van der Waals surface area (Å²) < 4.78 is 2.14. The molecule has 1 aromatic rings. The second kappa shape index (κ2) is 12.0. The molecular formula is C26H44N4O. The first-order valence-electron chi connectivity index (χ1n) is 13.5. The fourth-order valence-electron chi connectivity index (χ4n) is 6.13. The number of amides is 1. The van der Waals surface area contributed by atoms with Crippen LogP contribution in [-0.2, 0) is 4.79 Å². The van der Waals surface area contributed by atoms with Crippen LogP contribution in [0.2, 0.25) is 0 Å². The molecule has 2 saturated carbocycles. The van der Waals surface area contributed by atoms with Crippen molar-refractivity contribution >= 4 is 5.91 Å². The van der Waals surface area contributed by atoms with Crippen molar-refractivity contribution < 1.29 is 4.79 Å². The molecule has 0 N–H and O–H groups in total. The maximum atomic E-state index is 13.5. The quantitative estimate of drug-likeness (QED) is 0.534. The lowest BCUT2D eigenvalue weighted by molar-refractivity contribution is -0.137. The lowest BCUT2D eigenvalue weighted by atomic mass is 9.91. The van der Waals surface area contributed by atoms with Gasteiger partial charge in [-0.1, -0.05) is 88.7 Å². The topological polar surface area (TPSA) is 51.0 Å². The SMILES string of the molecule is O=C(C1CCCCCCCCC1)N1CCC[C@H]1c1cn(C2CCCCCCCC2)nn1. The van der Waals surface area contributed by atoms with Gasteiger partial charge in [-0.25, -0.2) is 4.68 Å². The van der Waals surface area contributed by atoms with Gasteiger partial charge in [0.05, 0.1) is 18.3 Å². The Morgan fingerprint density at radius 1 is 0.710 bits per heavy atom. The Hall–Kier alpha value is -1.39. The zero-order chi connectivity index (χ0) is 21.3. The van der Waals surface area contributed by atoms with E-state index in [-0.39, 0.29) is 12.0 Å². The van der Waals surface area contributed by atoms with Crippen LogP contribution in [0.15, 0.2) is 6.20 Å². The second-order valence-corrected chi connectivity index (χ2v) is 10.4. The Kier molecular flexibility index (Phi) is 8.83. The van der Waals surface area contributed by atoms with Gasteiger partial charge in [0.15, 0.2) is 0 Å². The summed E-state index contributed by atoms with van der Waals surface area (Å²) in [7, 11) is 0. The van der Waals surface area contributed by atoms with Gasteiger partial charge in [-0.05, 0) is 38.5 Å². The van der Waals surface area contributed by atoms with Crippen molar-refractivity contribution in [2.75, 3.05) is 6.54 Å². The van der Waals surface area contributed by atoms with Crippen LogP contribution in [0.1, 0.15) is 140 Å². The van der Waals surface area contributed by atoms with Crippen LogP contribution in [0.3, 0.4) is 0 Å². The summed E-state index contributed by atoms with van der Waals surface area (Å²) in [5.74, 6) is 0.628. The number of hydrogen-bond donors (Lipinski definition) is 0. The first-order valence-corrected chi connectivity index (χ1v) is 13.5. The number of nitrogens with zero attached hydrogens (tertiary/aromatic N) is 4. The van der Waals surface area contributed by atoms with Crippen LogP contribution in [-0.4, -0.2) is 32.3 Å². The molecule has 2 aliphatic carbocycles. The molecule has 0 unspecified atom stereocenters. The number of rotatable bonds is 3. The lowest BCUT2D eigenvalue weighted by Gasteiger charge is -2.28. The Morgan fingerprint density at radius 2 is 1.26 bits per heavy atom. The molecule has 5 nitrogen and oxygen atoms in total. The summed E-state index contributed by atoms with van der Waals surface area (Å²) in [6.45, 7) is 0.899. The maximum absolute atomic E-state index is 13.5. The van der Waals surface area contributed by atoms with Crippen molar-refractivity contribution in [1.29, 1.82) is 0 Å². The van der Waals surface area contributed by atoms with Gasteiger partial charge in [-0.15, -0.1) is 5.10 Å². The standard InChI is InChI=1S/C26H44N4O/c31-26(22-15-10-6-2-1-3-7-11-16-22)29-20-14-19-25(29)24-21-30(28-27-24)23-17-12-8-4-5-9-13-18-23/h21-23,25H,1-20H2/t25-/m0/s1. The molecule has 0 bridgehead atoms. The minimum atomic E-state index is 0.146. The molecule has 1 aromatic heterocycles. The average molecular weight is 429 g/mol. The number of carbonyl (C=O) groups excluding carboxylic acids is 1. The highest BCUT2D eigenvalue weighted by Gasteiger charge is 2.35. The zero-order valence-electron chi connectivity index (χ0n) is 19.6. The molecular weight excluding hydrogens is 384 g/mol. The summed E-state index contributed by atoms with van der Waals surface area (Å²) in [6.07, 6.45) is 26.1. The van der Waals surface area contributed by atoms with E-state index < -0.39 is 0 Å². The average Bonchev–Trinajstić information content (AvgIpc) is 3.48. The highest BCUT2D eigenvalue weighted by Crippen LogP contribution is 2.35. The fourth-order valence-corrected chi connectivity index (χ4v) is 6.13. The predicted octanol–water partition coefficient (Wildman–Crippen LogP) is 6.76. The van der Waals surface area contributed by atoms with E-state index in [4.69, 9.17) is 0 Å². The molecule has 0 aromatic carbocycles. The molecule has 3 aliphatic rings. The molecule has 3 fully saturated rings. The van der Waals surface area contributed by atoms with Crippen molar-refractivity contribution in [3.8, 4) is 0 Å². The van der Waals surface area contributed by atoms with Crippen molar-refractivity contribution in [2.45, 2.75) is 134 Å². The van der Waals surface area contributed by atoms with Gasteiger partial charge in [0.25, 0.3) is 0 Å². The van der Waals surface area contributed by atoms with Crippen molar-refractivity contribution in [2.24, 2.45) is 5.92 Å². The van der Waals surface area contributed by atoms with Gasteiger partial charge in [0.1, 0.15) is 5.69 Å². The Labute approximate surface area is 189 Å². The normalized spacial score (nSPS) is 26.2. The zero-order valence-corrected chi connectivity index (χ0v) is 19.6. The molecule has 0 spiro atoms. The van der Waals surface area contributed by atoms with E-state index in [0.29, 0.717) is 11.9 Å². The van der Waals surface area contributed by atoms with E-state index in [1.807, 2.05) is 0 Å². The molecule has 1 saturated heterocycles. The van der Waals surface area contributed by atoms with E-state index in [1.54, 1.807) is 0 Å². The van der Waals surface area contributed by atoms with Gasteiger partial charge in [0, 0.05) is 12.5 Å². The van der Waals surface area contributed by atoms with Crippen LogP contribution in [0.5, 0.6) is 0 Å². The van der Waals surface area contributed by atoms with E-state index in [0.717, 1.165) is 37.9 Å². The number of aromatic nitrogens is 3. The fraction of sp³-hybridized carbons (Fsp3) is 0.885. The molecule has 0 radical (unpaired) electrons. The van der Waals surface area contributed by atoms with E-state index in [1.165, 1.54) is 96.3 Å². The minimum Gasteiger partial charge on any atom is -0.334 e. The monoisotopic (exact) mass is 428 g/mol. The largest absolute Gasteiger partial charge is 0.334 e. The first kappa shape index (κ1) is 22.8. The van der Waals surface area contributed by atoms with Gasteiger partial charge >= 0.3 is 0 Å². The number of likely N-dealkylation sites (tertiary alicyclic amines) is 1. The third-order valence-corrected chi connectivity index (χ3v) is 8.06. The van der Waals surface area contributed by atoms with Crippen LogP contribution in [0, 0.1) is 5.92 Å². The highest BCUT2D eigenvalue weighted by molar-refractivity contribution is 5.79. The van der Waals surface area contributed by atoms with Gasteiger partial charge in [0.2, 0.25) is 5.91 Å². The molecule has 31 heavy (non-hydrogen) atoms. The Morgan fingerprint density at radius 3 is 1.87 bits per heavy atom. The van der Waals surface area contributed by atoms with Crippen LogP contribution < -0.4 is 0 Å². The summed E-state index contributed by atoms with van der Waals surface area (Å²) in [5.41, 5.74) is 1.03. The van der Waals surface area contributed by atoms with E-state index in [9.17, 15) is 4.79 Å². The minimum absolute atomic E-state index is 0.146. The van der Waals surface area contributed by atoms with Gasteiger partial charge in [-0.3, -0.25) is 4.79 Å². The third-order valence-electron chi connectivity index (χ3n) is 8.06. The Bertz CT molecular complexity index is 652. The van der Waals surface area contributed by atoms with Crippen LogP contribution in [0.25, 0.3) is 0 Å². The second-order valence-electron chi connectivity index (χ2n) is 10.4. The smallest absolute Gasteiger partial charge is 0.226 e. The number of hydrogen-bond acceptors (Lipinski definition) is 3. The van der Waals surface area contributed by atoms with Crippen LogP contribution >= 0.6 is 0 Å². The molecule has 174 valence electrons. The number of carbonyl (C=O) groups is 1. The van der Waals surface area contributed by atoms with Crippen molar-refractivity contribution in [3.05, 3.63) is 11.9 Å². The first-order chi connectivity index (χ1) is 15.3. The summed E-state index contributed by atoms with van der Waals surface area (Å²) >= 11 is 0. The van der Waals surface area contributed by atoms with E-state index >= 15 is 0 Å². The predicted molar refractivity (Wildman–Crippen MR) is 125 cm³/mol. The third kappa shape index (κ3) is 6.32.